The Hall–Kier alpha value is -2.21. The van der Waals surface area contributed by atoms with Crippen LogP contribution in [0.1, 0.15) is 12.8 Å². The number of aliphatic hydroxyl groups excluding tert-OH is 1. The van der Waals surface area contributed by atoms with Crippen molar-refractivity contribution in [2.24, 2.45) is 11.8 Å². The fourth-order valence-electron chi connectivity index (χ4n) is 3.04. The van der Waals surface area contributed by atoms with Gasteiger partial charge in [0.15, 0.2) is 0 Å². The lowest BCUT2D eigenvalue weighted by molar-refractivity contribution is -0.141. The zero-order valence-corrected chi connectivity index (χ0v) is 12.5. The fourth-order valence-corrected chi connectivity index (χ4v) is 3.04. The van der Waals surface area contributed by atoms with E-state index in [9.17, 15) is 19.1 Å². The van der Waals surface area contributed by atoms with Crippen molar-refractivity contribution in [3.8, 4) is 5.75 Å². The molecule has 23 heavy (non-hydrogen) atoms. The van der Waals surface area contributed by atoms with Crippen LogP contribution in [0.5, 0.6) is 5.75 Å². The third-order valence-electron chi connectivity index (χ3n) is 4.25. The number of imide groups is 1. The number of aliphatic hydroxyl groups is 1. The Kier molecular flexibility index (Phi) is 4.43. The minimum absolute atomic E-state index is 0.0731. The van der Waals surface area contributed by atoms with Crippen LogP contribution < -0.4 is 4.74 Å². The number of hydrogen-bond donors (Lipinski definition) is 1. The molecule has 0 bridgehead atoms. The number of amides is 2. The van der Waals surface area contributed by atoms with E-state index < -0.39 is 6.10 Å². The zero-order valence-electron chi connectivity index (χ0n) is 12.5. The van der Waals surface area contributed by atoms with Gasteiger partial charge in [-0.3, -0.25) is 14.5 Å². The number of halogens is 1. The lowest BCUT2D eigenvalue weighted by Crippen LogP contribution is -2.40. The van der Waals surface area contributed by atoms with Gasteiger partial charge in [-0.05, 0) is 37.1 Å². The Morgan fingerprint density at radius 2 is 1.70 bits per heavy atom. The Balaban J connectivity index is 1.55. The van der Waals surface area contributed by atoms with Crippen LogP contribution in [-0.4, -0.2) is 41.1 Å². The number of nitrogens with zero attached hydrogens (tertiary/aromatic N) is 1. The van der Waals surface area contributed by atoms with E-state index in [0.29, 0.717) is 18.6 Å². The quantitative estimate of drug-likeness (QED) is 0.660. The molecule has 1 N–H and O–H groups in total. The van der Waals surface area contributed by atoms with Crippen molar-refractivity contribution in [2.45, 2.75) is 18.9 Å². The van der Waals surface area contributed by atoms with Gasteiger partial charge >= 0.3 is 0 Å². The number of hydrogen-bond acceptors (Lipinski definition) is 4. The van der Waals surface area contributed by atoms with Gasteiger partial charge < -0.3 is 9.84 Å². The second-order valence-electron chi connectivity index (χ2n) is 5.86. The van der Waals surface area contributed by atoms with Crippen LogP contribution in [-0.2, 0) is 9.59 Å². The van der Waals surface area contributed by atoms with Gasteiger partial charge in [-0.25, -0.2) is 4.39 Å². The van der Waals surface area contributed by atoms with E-state index in [-0.39, 0.29) is 42.6 Å². The van der Waals surface area contributed by atoms with Gasteiger partial charge in [-0.1, -0.05) is 12.2 Å². The molecule has 3 rings (SSSR count). The van der Waals surface area contributed by atoms with Crippen molar-refractivity contribution in [2.75, 3.05) is 13.2 Å². The first-order valence-corrected chi connectivity index (χ1v) is 7.63. The number of benzene rings is 1. The van der Waals surface area contributed by atoms with Crippen LogP contribution in [0.2, 0.25) is 0 Å². The van der Waals surface area contributed by atoms with Crippen LogP contribution in [0.25, 0.3) is 0 Å². The number of fused-ring (bicyclic) bond motifs is 1. The summed E-state index contributed by atoms with van der Waals surface area (Å²) in [4.78, 5) is 25.7. The number of rotatable bonds is 5. The van der Waals surface area contributed by atoms with E-state index in [1.807, 2.05) is 12.2 Å². The minimum Gasteiger partial charge on any atom is -0.491 e. The summed E-state index contributed by atoms with van der Waals surface area (Å²) >= 11 is 0. The number of allylic oxidation sites excluding steroid dienone is 2. The van der Waals surface area contributed by atoms with Crippen molar-refractivity contribution in [3.63, 3.8) is 0 Å². The average Bonchev–Trinajstić information content (AvgIpc) is 2.80. The molecule has 2 amide bonds. The van der Waals surface area contributed by atoms with Crippen LogP contribution in [0.15, 0.2) is 36.4 Å². The second kappa shape index (κ2) is 6.50. The van der Waals surface area contributed by atoms with Gasteiger partial charge in [0.25, 0.3) is 0 Å². The maximum absolute atomic E-state index is 12.8. The lowest BCUT2D eigenvalue weighted by atomic mass is 9.85. The van der Waals surface area contributed by atoms with E-state index in [2.05, 4.69) is 0 Å². The SMILES string of the molecule is O=C1[C@@H]2CC=CC[C@H]2C(=O)N1C[C@H](O)COc1ccc(F)cc1. The molecule has 2 aliphatic rings. The third kappa shape index (κ3) is 3.27. The predicted molar refractivity (Wildman–Crippen MR) is 80.0 cm³/mol. The fraction of sp³-hybridized carbons (Fsp3) is 0.412. The molecule has 0 radical (unpaired) electrons. The molecule has 1 aromatic carbocycles. The Bertz CT molecular complexity index is 602. The molecule has 0 spiro atoms. The summed E-state index contributed by atoms with van der Waals surface area (Å²) in [6, 6.07) is 5.42. The van der Waals surface area contributed by atoms with Crippen molar-refractivity contribution < 1.29 is 23.8 Å². The summed E-state index contributed by atoms with van der Waals surface area (Å²) in [7, 11) is 0. The minimum atomic E-state index is -0.985. The monoisotopic (exact) mass is 319 g/mol. The Labute approximate surface area is 133 Å². The summed E-state index contributed by atoms with van der Waals surface area (Å²) in [5.74, 6) is -0.976. The normalized spacial score (nSPS) is 24.7. The highest BCUT2D eigenvalue weighted by molar-refractivity contribution is 6.05. The zero-order chi connectivity index (χ0) is 16.4. The number of carbonyl (C=O) groups is 2. The highest BCUT2D eigenvalue weighted by Gasteiger charge is 2.47. The summed E-state index contributed by atoms with van der Waals surface area (Å²) in [5.41, 5.74) is 0. The molecule has 1 aromatic rings. The first-order valence-electron chi connectivity index (χ1n) is 7.63. The van der Waals surface area contributed by atoms with Gasteiger partial charge in [-0.2, -0.15) is 0 Å². The first kappa shape index (κ1) is 15.7. The van der Waals surface area contributed by atoms with Crippen molar-refractivity contribution in [1.29, 1.82) is 0 Å². The molecule has 0 aromatic heterocycles. The van der Waals surface area contributed by atoms with Crippen molar-refractivity contribution >= 4 is 11.8 Å². The van der Waals surface area contributed by atoms with Crippen LogP contribution in [0.3, 0.4) is 0 Å². The van der Waals surface area contributed by atoms with Crippen molar-refractivity contribution in [1.82, 2.24) is 4.90 Å². The topological polar surface area (TPSA) is 66.8 Å². The average molecular weight is 319 g/mol. The molecule has 1 aliphatic heterocycles. The molecule has 6 heteroatoms. The third-order valence-corrected chi connectivity index (χ3v) is 4.25. The number of β-amino-alcohol motifs (C(OH)–C–C–N with tert-alkyl or cyclic N) is 1. The van der Waals surface area contributed by atoms with Crippen LogP contribution >= 0.6 is 0 Å². The maximum Gasteiger partial charge on any atom is 0.233 e. The van der Waals surface area contributed by atoms with Crippen molar-refractivity contribution in [3.05, 3.63) is 42.2 Å². The van der Waals surface area contributed by atoms with E-state index in [1.54, 1.807) is 0 Å². The largest absolute Gasteiger partial charge is 0.491 e. The number of carbonyl (C=O) groups excluding carboxylic acids is 2. The number of ether oxygens (including phenoxy) is 1. The molecule has 3 atom stereocenters. The molecular formula is C17H18FNO4. The predicted octanol–water partition coefficient (Wildman–Crippen LogP) is 1.52. The summed E-state index contributed by atoms with van der Waals surface area (Å²) in [6.45, 7) is -0.151. The summed E-state index contributed by atoms with van der Waals surface area (Å²) < 4.78 is 18.1. The number of likely N-dealkylation sites (tertiary alicyclic amines) is 1. The van der Waals surface area contributed by atoms with Crippen LogP contribution in [0, 0.1) is 17.7 Å². The van der Waals surface area contributed by atoms with E-state index in [4.69, 9.17) is 4.74 Å². The standard InChI is InChI=1S/C17H18FNO4/c18-11-5-7-13(8-6-11)23-10-12(20)9-19-16(21)14-3-1-2-4-15(14)17(19)22/h1-2,5-8,12,14-15,20H,3-4,9-10H2/t12-,14+,15+/m0/s1. The molecule has 5 nitrogen and oxygen atoms in total. The van der Waals surface area contributed by atoms with Gasteiger partial charge in [-0.15, -0.1) is 0 Å². The van der Waals surface area contributed by atoms with Gasteiger partial charge in [0, 0.05) is 0 Å². The lowest BCUT2D eigenvalue weighted by Gasteiger charge is -2.19. The molecular weight excluding hydrogens is 301 g/mol. The first-order chi connectivity index (χ1) is 11.1. The van der Waals surface area contributed by atoms with Gasteiger partial charge in [0.05, 0.1) is 18.4 Å². The van der Waals surface area contributed by atoms with Gasteiger partial charge in [0.2, 0.25) is 11.8 Å². The molecule has 1 heterocycles. The molecule has 0 unspecified atom stereocenters. The molecule has 1 saturated heterocycles. The van der Waals surface area contributed by atoms with Crippen LogP contribution in [0.4, 0.5) is 4.39 Å². The van der Waals surface area contributed by atoms with E-state index >= 15 is 0 Å². The smallest absolute Gasteiger partial charge is 0.233 e. The molecule has 0 saturated carbocycles. The molecule has 1 aliphatic carbocycles. The Morgan fingerprint density at radius 1 is 1.13 bits per heavy atom. The molecule has 122 valence electrons. The summed E-state index contributed by atoms with van der Waals surface area (Å²) in [5, 5.41) is 10.0. The highest BCUT2D eigenvalue weighted by Crippen LogP contribution is 2.35. The maximum atomic E-state index is 12.8. The van der Waals surface area contributed by atoms with E-state index in [0.717, 1.165) is 4.90 Å². The van der Waals surface area contributed by atoms with E-state index in [1.165, 1.54) is 24.3 Å². The van der Waals surface area contributed by atoms with Gasteiger partial charge in [0.1, 0.15) is 24.3 Å². The summed E-state index contributed by atoms with van der Waals surface area (Å²) in [6.07, 6.45) is 4.01. The highest BCUT2D eigenvalue weighted by atomic mass is 19.1. The Morgan fingerprint density at radius 3 is 2.26 bits per heavy atom. The second-order valence-corrected chi connectivity index (χ2v) is 5.86. The molecule has 1 fully saturated rings.